The van der Waals surface area contributed by atoms with Gasteiger partial charge in [0.15, 0.2) is 0 Å². The van der Waals surface area contributed by atoms with Gasteiger partial charge in [-0.25, -0.2) is 13.1 Å². The summed E-state index contributed by atoms with van der Waals surface area (Å²) in [4.78, 5) is 14.0. The van der Waals surface area contributed by atoms with E-state index in [-0.39, 0.29) is 23.8 Å². The number of halogens is 3. The Bertz CT molecular complexity index is 785. The molecule has 1 unspecified atom stereocenters. The highest BCUT2D eigenvalue weighted by atomic mass is 32.2. The molecule has 0 spiro atoms. The van der Waals surface area contributed by atoms with Crippen molar-refractivity contribution in [1.82, 2.24) is 14.9 Å². The lowest BCUT2D eigenvalue weighted by Crippen LogP contribution is -2.37. The van der Waals surface area contributed by atoms with Gasteiger partial charge in [0, 0.05) is 26.1 Å². The first-order valence-corrected chi connectivity index (χ1v) is 11.4. The molecule has 1 saturated heterocycles. The summed E-state index contributed by atoms with van der Waals surface area (Å²) in [7, 11) is -3.93. The molecule has 1 aliphatic rings. The number of alkyl halides is 3. The van der Waals surface area contributed by atoms with Crippen LogP contribution in [0.4, 0.5) is 13.2 Å². The number of sulfonamides is 1. The van der Waals surface area contributed by atoms with E-state index in [1.807, 2.05) is 0 Å². The lowest BCUT2D eigenvalue weighted by atomic mass is 10.0. The molecule has 1 aliphatic heterocycles. The molecule has 7 nitrogen and oxygen atoms in total. The summed E-state index contributed by atoms with van der Waals surface area (Å²) in [5.74, 6) is -0.0757. The van der Waals surface area contributed by atoms with Crippen molar-refractivity contribution >= 4 is 15.9 Å². The minimum Gasteiger partial charge on any atom is -0.406 e. The SMILES string of the molecule is CC1CCCN(CCCNC(=O)CCNS(=O)(=O)c2ccc(OC(F)(F)F)cc2)C1. The van der Waals surface area contributed by atoms with Gasteiger partial charge in [-0.3, -0.25) is 4.79 Å². The molecular formula is C19H28F3N3O4S. The fraction of sp³-hybridized carbons (Fsp3) is 0.632. The van der Waals surface area contributed by atoms with Crippen molar-refractivity contribution in [2.75, 3.05) is 32.7 Å². The highest BCUT2D eigenvalue weighted by Gasteiger charge is 2.31. The largest absolute Gasteiger partial charge is 0.573 e. The van der Waals surface area contributed by atoms with E-state index in [1.165, 1.54) is 12.8 Å². The van der Waals surface area contributed by atoms with Crippen molar-refractivity contribution in [3.8, 4) is 5.75 Å². The molecule has 1 atom stereocenters. The summed E-state index contributed by atoms with van der Waals surface area (Å²) < 4.78 is 66.7. The molecule has 11 heteroatoms. The van der Waals surface area contributed by atoms with Gasteiger partial charge >= 0.3 is 6.36 Å². The smallest absolute Gasteiger partial charge is 0.406 e. The first kappa shape index (κ1) is 24.4. The number of nitrogens with zero attached hydrogens (tertiary/aromatic N) is 1. The zero-order chi connectivity index (χ0) is 22.2. The third kappa shape index (κ3) is 8.88. The molecule has 170 valence electrons. The first-order chi connectivity index (χ1) is 14.0. The number of carbonyl (C=O) groups is 1. The average molecular weight is 452 g/mol. The lowest BCUT2D eigenvalue weighted by Gasteiger charge is -2.30. The standard InChI is InChI=1S/C19H28F3N3O4S/c1-15-4-2-12-25(14-15)13-3-10-23-18(26)9-11-24-30(27,28)17-7-5-16(6-8-17)29-19(20,21)22/h5-8,15,24H,2-4,9-14H2,1H3,(H,23,26). The lowest BCUT2D eigenvalue weighted by molar-refractivity contribution is -0.274. The summed E-state index contributed by atoms with van der Waals surface area (Å²) in [5, 5.41) is 2.77. The maximum atomic E-state index is 12.2. The van der Waals surface area contributed by atoms with E-state index in [1.54, 1.807) is 0 Å². The molecule has 1 fully saturated rings. The number of ether oxygens (including phenoxy) is 1. The fourth-order valence-corrected chi connectivity index (χ4v) is 4.34. The van der Waals surface area contributed by atoms with Gasteiger partial charge in [-0.1, -0.05) is 6.92 Å². The van der Waals surface area contributed by atoms with Gasteiger partial charge in [0.05, 0.1) is 4.90 Å². The van der Waals surface area contributed by atoms with E-state index >= 15 is 0 Å². The Morgan fingerprint density at radius 1 is 1.23 bits per heavy atom. The number of likely N-dealkylation sites (tertiary alicyclic amines) is 1. The molecule has 30 heavy (non-hydrogen) atoms. The number of hydrogen-bond donors (Lipinski definition) is 2. The highest BCUT2D eigenvalue weighted by Crippen LogP contribution is 2.23. The van der Waals surface area contributed by atoms with Gasteiger partial charge in [0.2, 0.25) is 15.9 Å². The van der Waals surface area contributed by atoms with Crippen molar-refractivity contribution in [2.24, 2.45) is 5.92 Å². The van der Waals surface area contributed by atoms with Crippen LogP contribution < -0.4 is 14.8 Å². The molecule has 1 aromatic carbocycles. The summed E-state index contributed by atoms with van der Waals surface area (Å²) in [6, 6.07) is 3.84. The predicted octanol–water partition coefficient (Wildman–Crippen LogP) is 2.49. The van der Waals surface area contributed by atoms with Gasteiger partial charge < -0.3 is 15.0 Å². The average Bonchev–Trinajstić information content (AvgIpc) is 2.64. The van der Waals surface area contributed by atoms with Crippen LogP contribution in [0.25, 0.3) is 0 Å². The summed E-state index contributed by atoms with van der Waals surface area (Å²) in [5.41, 5.74) is 0. The highest BCUT2D eigenvalue weighted by molar-refractivity contribution is 7.89. The fourth-order valence-electron chi connectivity index (χ4n) is 3.31. The molecule has 2 rings (SSSR count). The predicted molar refractivity (Wildman–Crippen MR) is 105 cm³/mol. The Labute approximate surface area is 175 Å². The number of hydrogen-bond acceptors (Lipinski definition) is 5. The van der Waals surface area contributed by atoms with Crippen molar-refractivity contribution in [3.05, 3.63) is 24.3 Å². The summed E-state index contributed by atoms with van der Waals surface area (Å²) in [6.07, 6.45) is -1.59. The van der Waals surface area contributed by atoms with Crippen molar-refractivity contribution in [3.63, 3.8) is 0 Å². The normalized spacial score (nSPS) is 18.2. The Hall–Kier alpha value is -1.85. The van der Waals surface area contributed by atoms with Crippen LogP contribution in [0.5, 0.6) is 5.75 Å². The molecule has 2 N–H and O–H groups in total. The Kier molecular flexibility index (Phi) is 8.92. The minimum atomic E-state index is -4.85. The van der Waals surface area contributed by atoms with Gasteiger partial charge in [-0.15, -0.1) is 13.2 Å². The van der Waals surface area contributed by atoms with Crippen LogP contribution in [0.15, 0.2) is 29.2 Å². The molecule has 0 aliphatic carbocycles. The van der Waals surface area contributed by atoms with Gasteiger partial charge in [-0.2, -0.15) is 0 Å². The van der Waals surface area contributed by atoms with Gasteiger partial charge in [0.1, 0.15) is 5.75 Å². The number of piperidine rings is 1. The second kappa shape index (κ2) is 11.0. The van der Waals surface area contributed by atoms with Crippen LogP contribution in [0.1, 0.15) is 32.6 Å². The van der Waals surface area contributed by atoms with Crippen molar-refractivity contribution < 1.29 is 31.1 Å². The maximum absolute atomic E-state index is 12.2. The Morgan fingerprint density at radius 2 is 1.93 bits per heavy atom. The van der Waals surface area contributed by atoms with E-state index in [4.69, 9.17) is 0 Å². The number of rotatable bonds is 10. The van der Waals surface area contributed by atoms with E-state index in [2.05, 4.69) is 26.6 Å². The van der Waals surface area contributed by atoms with Crippen molar-refractivity contribution in [1.29, 1.82) is 0 Å². The van der Waals surface area contributed by atoms with Crippen molar-refractivity contribution in [2.45, 2.75) is 43.9 Å². The quantitative estimate of drug-likeness (QED) is 0.534. The number of carbonyl (C=O) groups excluding carboxylic acids is 1. The van der Waals surface area contributed by atoms with Crippen LogP contribution in [0.2, 0.25) is 0 Å². The molecule has 1 aromatic rings. The topological polar surface area (TPSA) is 87.7 Å². The van der Waals surface area contributed by atoms with Crippen LogP contribution in [-0.2, 0) is 14.8 Å². The second-order valence-corrected chi connectivity index (χ2v) is 9.19. The zero-order valence-corrected chi connectivity index (χ0v) is 17.7. The summed E-state index contributed by atoms with van der Waals surface area (Å²) >= 11 is 0. The van der Waals surface area contributed by atoms with Crippen LogP contribution in [-0.4, -0.2) is 58.3 Å². The number of benzene rings is 1. The molecule has 0 radical (unpaired) electrons. The number of amides is 1. The molecule has 0 aromatic heterocycles. The molecule has 1 heterocycles. The van der Waals surface area contributed by atoms with E-state index in [0.717, 1.165) is 50.3 Å². The maximum Gasteiger partial charge on any atom is 0.573 e. The van der Waals surface area contributed by atoms with Crippen LogP contribution in [0, 0.1) is 5.92 Å². The van der Waals surface area contributed by atoms with Crippen LogP contribution >= 0.6 is 0 Å². The second-order valence-electron chi connectivity index (χ2n) is 7.42. The Balaban J connectivity index is 1.66. The molecule has 0 bridgehead atoms. The molecular weight excluding hydrogens is 423 g/mol. The third-order valence-corrected chi connectivity index (χ3v) is 6.20. The summed E-state index contributed by atoms with van der Waals surface area (Å²) in [6.45, 7) is 5.74. The van der Waals surface area contributed by atoms with Gasteiger partial charge in [0.25, 0.3) is 0 Å². The van der Waals surface area contributed by atoms with E-state index in [9.17, 15) is 26.4 Å². The molecule has 0 saturated carbocycles. The van der Waals surface area contributed by atoms with E-state index < -0.39 is 22.1 Å². The van der Waals surface area contributed by atoms with Gasteiger partial charge in [-0.05, 0) is 62.5 Å². The Morgan fingerprint density at radius 3 is 2.57 bits per heavy atom. The minimum absolute atomic E-state index is 0.0325. The first-order valence-electron chi connectivity index (χ1n) is 9.90. The third-order valence-electron chi connectivity index (χ3n) is 4.73. The van der Waals surface area contributed by atoms with E-state index in [0.29, 0.717) is 12.5 Å². The number of nitrogens with one attached hydrogen (secondary N) is 2. The van der Waals surface area contributed by atoms with Crippen LogP contribution in [0.3, 0.4) is 0 Å². The zero-order valence-electron chi connectivity index (χ0n) is 16.9. The molecule has 1 amide bonds. The monoisotopic (exact) mass is 451 g/mol.